The van der Waals surface area contributed by atoms with Crippen molar-refractivity contribution in [2.24, 2.45) is 0 Å². The number of nitrogens with zero attached hydrogens (tertiary/aromatic N) is 1. The Morgan fingerprint density at radius 1 is 0.364 bits per heavy atom. The van der Waals surface area contributed by atoms with Crippen LogP contribution in [0, 0.1) is 0 Å². The van der Waals surface area contributed by atoms with Crippen LogP contribution in [0.3, 0.4) is 0 Å². The van der Waals surface area contributed by atoms with Crippen LogP contribution >= 0.6 is 0 Å². The number of para-hydroxylation sites is 2. The van der Waals surface area contributed by atoms with Gasteiger partial charge in [-0.3, -0.25) is 0 Å². The van der Waals surface area contributed by atoms with Gasteiger partial charge in [0.2, 0.25) is 0 Å². The zero-order chi connectivity index (χ0) is 29.0. The molecule has 2 aromatic heterocycles. The molecule has 2 heteroatoms. The summed E-state index contributed by atoms with van der Waals surface area (Å²) in [6.45, 7) is 0. The van der Waals surface area contributed by atoms with Crippen molar-refractivity contribution in [2.45, 2.75) is 0 Å². The molecule has 206 valence electrons. The third-order valence-electron chi connectivity index (χ3n) is 8.84. The molecule has 9 rings (SSSR count). The number of hydrogen-bond acceptors (Lipinski definition) is 1. The van der Waals surface area contributed by atoms with Crippen molar-refractivity contribution >= 4 is 43.7 Å². The fourth-order valence-electron chi connectivity index (χ4n) is 6.72. The highest BCUT2D eigenvalue weighted by Gasteiger charge is 2.16. The monoisotopic (exact) mass is 561 g/mol. The molecule has 9 aromatic rings. The highest BCUT2D eigenvalue weighted by Crippen LogP contribution is 2.39. The summed E-state index contributed by atoms with van der Waals surface area (Å²) in [4.78, 5) is 0. The highest BCUT2D eigenvalue weighted by molar-refractivity contribution is 6.15. The molecule has 0 N–H and O–H groups in total. The Hall–Kier alpha value is -5.86. The summed E-state index contributed by atoms with van der Waals surface area (Å²) in [7, 11) is 0. The standard InChI is InChI=1S/C42H27NO/c1-2-9-31(10-3-1)34-13-8-15-39-42(34)36-12-4-6-14-38(36)43(39)33-24-21-29(22-25-33)28-17-19-30(20-18-28)32-23-26-41-37(27-32)35-11-5-7-16-40(35)44-41/h1-27H. The van der Waals surface area contributed by atoms with Gasteiger partial charge in [-0.05, 0) is 75.8 Å². The van der Waals surface area contributed by atoms with E-state index in [0.717, 1.165) is 27.6 Å². The molecule has 0 saturated carbocycles. The van der Waals surface area contributed by atoms with E-state index in [2.05, 4.69) is 156 Å². The average molecular weight is 562 g/mol. The Labute approximate surface area is 255 Å². The summed E-state index contributed by atoms with van der Waals surface area (Å²) in [6, 6.07) is 58.5. The van der Waals surface area contributed by atoms with Crippen LogP contribution in [0.2, 0.25) is 0 Å². The zero-order valence-electron chi connectivity index (χ0n) is 23.9. The van der Waals surface area contributed by atoms with Crippen LogP contribution in [0.4, 0.5) is 0 Å². The van der Waals surface area contributed by atoms with Crippen LogP contribution in [0.5, 0.6) is 0 Å². The highest BCUT2D eigenvalue weighted by atomic mass is 16.3. The maximum atomic E-state index is 6.03. The topological polar surface area (TPSA) is 18.1 Å². The maximum absolute atomic E-state index is 6.03. The average Bonchev–Trinajstić information content (AvgIpc) is 3.64. The first-order valence-corrected chi connectivity index (χ1v) is 15.0. The van der Waals surface area contributed by atoms with E-state index in [4.69, 9.17) is 4.42 Å². The van der Waals surface area contributed by atoms with Gasteiger partial charge in [-0.1, -0.05) is 121 Å². The molecule has 0 spiro atoms. The number of hydrogen-bond donors (Lipinski definition) is 0. The van der Waals surface area contributed by atoms with Crippen LogP contribution in [-0.2, 0) is 0 Å². The fourth-order valence-corrected chi connectivity index (χ4v) is 6.72. The number of fused-ring (bicyclic) bond motifs is 6. The Morgan fingerprint density at radius 3 is 1.75 bits per heavy atom. The molecule has 44 heavy (non-hydrogen) atoms. The third-order valence-corrected chi connectivity index (χ3v) is 8.84. The van der Waals surface area contributed by atoms with Gasteiger partial charge < -0.3 is 8.98 Å². The molecule has 2 heterocycles. The van der Waals surface area contributed by atoms with E-state index >= 15 is 0 Å². The van der Waals surface area contributed by atoms with Crippen LogP contribution in [0.15, 0.2) is 168 Å². The van der Waals surface area contributed by atoms with Crippen molar-refractivity contribution in [1.29, 1.82) is 0 Å². The first-order chi connectivity index (χ1) is 21.8. The molecule has 0 amide bonds. The molecular weight excluding hydrogens is 534 g/mol. The van der Waals surface area contributed by atoms with Gasteiger partial charge >= 0.3 is 0 Å². The van der Waals surface area contributed by atoms with Gasteiger partial charge in [-0.25, -0.2) is 0 Å². The molecule has 2 nitrogen and oxygen atoms in total. The SMILES string of the molecule is c1ccc(-c2cccc3c2c2ccccc2n3-c2ccc(-c3ccc(-c4ccc5oc6ccccc6c5c4)cc3)cc2)cc1. The van der Waals surface area contributed by atoms with Gasteiger partial charge in [0, 0.05) is 27.2 Å². The van der Waals surface area contributed by atoms with Gasteiger partial charge in [-0.2, -0.15) is 0 Å². The second kappa shape index (κ2) is 9.86. The second-order valence-corrected chi connectivity index (χ2v) is 11.4. The number of aromatic nitrogens is 1. The van der Waals surface area contributed by atoms with Gasteiger partial charge in [0.25, 0.3) is 0 Å². The lowest BCUT2D eigenvalue weighted by atomic mass is 9.99. The quantitative estimate of drug-likeness (QED) is 0.209. The first-order valence-electron chi connectivity index (χ1n) is 15.0. The van der Waals surface area contributed by atoms with Gasteiger partial charge in [0.1, 0.15) is 11.2 Å². The minimum absolute atomic E-state index is 0.922. The van der Waals surface area contributed by atoms with Crippen LogP contribution in [0.25, 0.3) is 82.8 Å². The summed E-state index contributed by atoms with van der Waals surface area (Å²) in [5.74, 6) is 0. The molecule has 0 aliphatic heterocycles. The minimum atomic E-state index is 0.922. The minimum Gasteiger partial charge on any atom is -0.456 e. The summed E-state index contributed by atoms with van der Waals surface area (Å²) >= 11 is 0. The number of benzene rings is 7. The zero-order valence-corrected chi connectivity index (χ0v) is 23.9. The Bertz CT molecular complexity index is 2460. The predicted molar refractivity (Wildman–Crippen MR) is 184 cm³/mol. The second-order valence-electron chi connectivity index (χ2n) is 11.4. The number of furan rings is 1. The summed E-state index contributed by atoms with van der Waals surface area (Å²) in [5, 5.41) is 4.86. The van der Waals surface area contributed by atoms with Crippen molar-refractivity contribution < 1.29 is 4.42 Å². The van der Waals surface area contributed by atoms with Gasteiger partial charge in [0.05, 0.1) is 11.0 Å². The molecule has 0 aliphatic carbocycles. The number of rotatable bonds is 4. The molecule has 0 fully saturated rings. The summed E-state index contributed by atoms with van der Waals surface area (Å²) in [6.07, 6.45) is 0. The summed E-state index contributed by atoms with van der Waals surface area (Å²) in [5.41, 5.74) is 12.7. The predicted octanol–water partition coefficient (Wildman–Crippen LogP) is 11.7. The Kier molecular flexibility index (Phi) is 5.54. The van der Waals surface area contributed by atoms with E-state index in [9.17, 15) is 0 Å². The van der Waals surface area contributed by atoms with Gasteiger partial charge in [0.15, 0.2) is 0 Å². The molecule has 0 saturated heterocycles. The van der Waals surface area contributed by atoms with E-state index in [1.807, 2.05) is 12.1 Å². The summed E-state index contributed by atoms with van der Waals surface area (Å²) < 4.78 is 8.42. The fraction of sp³-hybridized carbons (Fsp3) is 0. The lowest BCUT2D eigenvalue weighted by molar-refractivity contribution is 0.669. The largest absolute Gasteiger partial charge is 0.456 e. The molecule has 0 unspecified atom stereocenters. The first kappa shape index (κ1) is 24.7. The van der Waals surface area contributed by atoms with Crippen LogP contribution in [-0.4, -0.2) is 4.57 Å². The lowest BCUT2D eigenvalue weighted by Gasteiger charge is -2.10. The molecule has 0 radical (unpaired) electrons. The van der Waals surface area contributed by atoms with Crippen molar-refractivity contribution in [3.63, 3.8) is 0 Å². The Balaban J connectivity index is 1.08. The molecule has 7 aromatic carbocycles. The van der Waals surface area contributed by atoms with Crippen molar-refractivity contribution in [2.75, 3.05) is 0 Å². The molecule has 0 atom stereocenters. The van der Waals surface area contributed by atoms with E-state index < -0.39 is 0 Å². The molecule has 0 aliphatic rings. The van der Waals surface area contributed by atoms with E-state index in [1.165, 1.54) is 55.2 Å². The Morgan fingerprint density at radius 2 is 0.955 bits per heavy atom. The maximum Gasteiger partial charge on any atom is 0.135 e. The van der Waals surface area contributed by atoms with Crippen molar-refractivity contribution in [1.82, 2.24) is 4.57 Å². The molecular formula is C42H27NO. The molecule has 0 bridgehead atoms. The smallest absolute Gasteiger partial charge is 0.135 e. The van der Waals surface area contributed by atoms with E-state index in [1.54, 1.807) is 0 Å². The van der Waals surface area contributed by atoms with E-state index in [0.29, 0.717) is 0 Å². The lowest BCUT2D eigenvalue weighted by Crippen LogP contribution is -1.93. The third kappa shape index (κ3) is 3.89. The van der Waals surface area contributed by atoms with Crippen molar-refractivity contribution in [3.8, 4) is 39.1 Å². The van der Waals surface area contributed by atoms with Crippen molar-refractivity contribution in [3.05, 3.63) is 164 Å². The van der Waals surface area contributed by atoms with Crippen LogP contribution in [0.1, 0.15) is 0 Å². The normalized spacial score (nSPS) is 11.6. The van der Waals surface area contributed by atoms with Crippen LogP contribution < -0.4 is 0 Å². The van der Waals surface area contributed by atoms with Gasteiger partial charge in [-0.15, -0.1) is 0 Å². The van der Waals surface area contributed by atoms with E-state index in [-0.39, 0.29) is 0 Å².